The van der Waals surface area contributed by atoms with Crippen LogP contribution < -0.4 is 4.74 Å². The van der Waals surface area contributed by atoms with Crippen LogP contribution in [0.15, 0.2) is 12.1 Å². The fourth-order valence-electron chi connectivity index (χ4n) is 2.73. The zero-order chi connectivity index (χ0) is 13.0. The van der Waals surface area contributed by atoms with E-state index < -0.39 is 0 Å². The van der Waals surface area contributed by atoms with Crippen molar-refractivity contribution < 1.29 is 4.74 Å². The smallest absolute Gasteiger partial charge is 0.214 e. The maximum atomic E-state index is 6.04. The number of rotatable bonds is 4. The topological polar surface area (TPSA) is 22.1 Å². The van der Waals surface area contributed by atoms with E-state index in [-0.39, 0.29) is 0 Å². The van der Waals surface area contributed by atoms with Crippen LogP contribution in [-0.2, 0) is 5.88 Å². The summed E-state index contributed by atoms with van der Waals surface area (Å²) in [5.41, 5.74) is 2.06. The Labute approximate surface area is 115 Å². The number of pyridine rings is 1. The number of hydrogen-bond acceptors (Lipinski definition) is 2. The first kappa shape index (κ1) is 13.7. The van der Waals surface area contributed by atoms with Gasteiger partial charge < -0.3 is 4.74 Å². The van der Waals surface area contributed by atoms with Crippen molar-refractivity contribution in [1.82, 2.24) is 4.98 Å². The van der Waals surface area contributed by atoms with Crippen molar-refractivity contribution in [2.24, 2.45) is 5.92 Å². The third-order valence-electron chi connectivity index (χ3n) is 3.74. The summed E-state index contributed by atoms with van der Waals surface area (Å²) >= 11 is 5.88. The summed E-state index contributed by atoms with van der Waals surface area (Å²) in [5, 5.41) is 0. The summed E-state index contributed by atoms with van der Waals surface area (Å²) in [4.78, 5) is 4.45. The standard InChI is InChI=1S/C15H22ClNO/c1-3-12-5-4-6-14(8-12)18-15-9-13(10-16)7-11(2)17-15/h7,9,12,14H,3-6,8,10H2,1-2H3. The molecular formula is C15H22ClNO. The summed E-state index contributed by atoms with van der Waals surface area (Å²) in [6.07, 6.45) is 6.54. The molecule has 18 heavy (non-hydrogen) atoms. The van der Waals surface area contributed by atoms with Crippen LogP contribution in [0, 0.1) is 12.8 Å². The summed E-state index contributed by atoms with van der Waals surface area (Å²) in [5.74, 6) is 2.08. The molecule has 1 aliphatic rings. The molecule has 0 spiro atoms. The van der Waals surface area contributed by atoms with E-state index in [0.717, 1.165) is 29.5 Å². The highest BCUT2D eigenvalue weighted by molar-refractivity contribution is 6.17. The Morgan fingerprint density at radius 1 is 1.39 bits per heavy atom. The van der Waals surface area contributed by atoms with Gasteiger partial charge in [-0.2, -0.15) is 0 Å². The Bertz CT molecular complexity index is 394. The number of ether oxygens (including phenoxy) is 1. The Balaban J connectivity index is 2.02. The van der Waals surface area contributed by atoms with E-state index in [0.29, 0.717) is 12.0 Å². The van der Waals surface area contributed by atoms with Crippen LogP contribution in [0.5, 0.6) is 5.88 Å². The van der Waals surface area contributed by atoms with E-state index in [1.807, 2.05) is 19.1 Å². The fourth-order valence-corrected chi connectivity index (χ4v) is 2.89. The normalized spacial score (nSPS) is 23.9. The SMILES string of the molecule is CCC1CCCC(Oc2cc(CCl)cc(C)n2)C1. The molecule has 0 aliphatic heterocycles. The van der Waals surface area contributed by atoms with Gasteiger partial charge in [-0.1, -0.05) is 19.8 Å². The quantitative estimate of drug-likeness (QED) is 0.751. The number of hydrogen-bond donors (Lipinski definition) is 0. The zero-order valence-corrected chi connectivity index (χ0v) is 12.0. The van der Waals surface area contributed by atoms with Gasteiger partial charge in [-0.05, 0) is 43.7 Å². The first-order valence-electron chi connectivity index (χ1n) is 6.91. The van der Waals surface area contributed by atoms with Crippen LogP contribution in [0.3, 0.4) is 0 Å². The highest BCUT2D eigenvalue weighted by Gasteiger charge is 2.22. The molecule has 1 aliphatic carbocycles. The van der Waals surface area contributed by atoms with Gasteiger partial charge in [-0.15, -0.1) is 11.6 Å². The Kier molecular flexibility index (Phi) is 4.87. The zero-order valence-electron chi connectivity index (χ0n) is 11.3. The van der Waals surface area contributed by atoms with Crippen molar-refractivity contribution >= 4 is 11.6 Å². The first-order chi connectivity index (χ1) is 8.71. The van der Waals surface area contributed by atoms with Gasteiger partial charge in [0.25, 0.3) is 0 Å². The van der Waals surface area contributed by atoms with E-state index in [1.54, 1.807) is 0 Å². The summed E-state index contributed by atoms with van der Waals surface area (Å²) in [6.45, 7) is 4.25. The highest BCUT2D eigenvalue weighted by Crippen LogP contribution is 2.29. The fraction of sp³-hybridized carbons (Fsp3) is 0.667. The van der Waals surface area contributed by atoms with Gasteiger partial charge in [0.05, 0.1) is 0 Å². The average molecular weight is 268 g/mol. The van der Waals surface area contributed by atoms with Crippen LogP contribution in [0.25, 0.3) is 0 Å². The van der Waals surface area contributed by atoms with Crippen LogP contribution in [0.2, 0.25) is 0 Å². The molecule has 0 bridgehead atoms. The van der Waals surface area contributed by atoms with Gasteiger partial charge in [0.15, 0.2) is 0 Å². The minimum absolute atomic E-state index is 0.334. The predicted octanol–water partition coefficient (Wildman–Crippen LogP) is 4.48. The molecule has 1 fully saturated rings. The molecule has 1 heterocycles. The molecule has 2 nitrogen and oxygen atoms in total. The number of aromatic nitrogens is 1. The van der Waals surface area contributed by atoms with Crippen molar-refractivity contribution in [1.29, 1.82) is 0 Å². The van der Waals surface area contributed by atoms with Crippen molar-refractivity contribution in [3.63, 3.8) is 0 Å². The second kappa shape index (κ2) is 6.42. The molecule has 1 aromatic heterocycles. The van der Waals surface area contributed by atoms with E-state index in [9.17, 15) is 0 Å². The summed E-state index contributed by atoms with van der Waals surface area (Å²) < 4.78 is 6.04. The molecule has 0 radical (unpaired) electrons. The molecule has 0 N–H and O–H groups in total. The molecule has 2 atom stereocenters. The first-order valence-corrected chi connectivity index (χ1v) is 7.45. The van der Waals surface area contributed by atoms with Crippen molar-refractivity contribution in [2.45, 2.75) is 57.9 Å². The molecule has 1 saturated carbocycles. The van der Waals surface area contributed by atoms with Gasteiger partial charge in [0.2, 0.25) is 5.88 Å². The average Bonchev–Trinajstić information content (AvgIpc) is 2.38. The minimum atomic E-state index is 0.334. The molecule has 1 aromatic rings. The molecule has 100 valence electrons. The Morgan fingerprint density at radius 3 is 2.94 bits per heavy atom. The molecule has 0 aromatic carbocycles. The maximum absolute atomic E-state index is 6.04. The molecule has 0 saturated heterocycles. The van der Waals surface area contributed by atoms with Crippen molar-refractivity contribution in [2.75, 3.05) is 0 Å². The summed E-state index contributed by atoms with van der Waals surface area (Å²) in [6, 6.07) is 3.98. The van der Waals surface area contributed by atoms with Gasteiger partial charge in [0.1, 0.15) is 6.10 Å². The molecular weight excluding hydrogens is 246 g/mol. The lowest BCUT2D eigenvalue weighted by Gasteiger charge is -2.28. The number of halogens is 1. The van der Waals surface area contributed by atoms with Gasteiger partial charge >= 0.3 is 0 Å². The molecule has 2 rings (SSSR count). The lowest BCUT2D eigenvalue weighted by atomic mass is 9.85. The largest absolute Gasteiger partial charge is 0.474 e. The lowest BCUT2D eigenvalue weighted by molar-refractivity contribution is 0.117. The van der Waals surface area contributed by atoms with E-state index in [2.05, 4.69) is 11.9 Å². The number of nitrogens with zero attached hydrogens (tertiary/aromatic N) is 1. The lowest BCUT2D eigenvalue weighted by Crippen LogP contribution is -2.25. The van der Waals surface area contributed by atoms with E-state index in [1.165, 1.54) is 25.7 Å². The third kappa shape index (κ3) is 3.61. The number of alkyl halides is 1. The monoisotopic (exact) mass is 267 g/mol. The maximum Gasteiger partial charge on any atom is 0.214 e. The molecule has 0 amide bonds. The van der Waals surface area contributed by atoms with Gasteiger partial charge in [-0.25, -0.2) is 4.98 Å². The van der Waals surface area contributed by atoms with E-state index in [4.69, 9.17) is 16.3 Å². The number of aryl methyl sites for hydroxylation is 1. The van der Waals surface area contributed by atoms with Crippen LogP contribution in [-0.4, -0.2) is 11.1 Å². The Morgan fingerprint density at radius 2 is 2.22 bits per heavy atom. The highest BCUT2D eigenvalue weighted by atomic mass is 35.5. The van der Waals surface area contributed by atoms with Gasteiger partial charge in [0, 0.05) is 17.6 Å². The minimum Gasteiger partial charge on any atom is -0.474 e. The Hall–Kier alpha value is -0.760. The van der Waals surface area contributed by atoms with Crippen molar-refractivity contribution in [3.05, 3.63) is 23.4 Å². The van der Waals surface area contributed by atoms with E-state index >= 15 is 0 Å². The second-order valence-electron chi connectivity index (χ2n) is 5.27. The van der Waals surface area contributed by atoms with Crippen LogP contribution >= 0.6 is 11.6 Å². The predicted molar refractivity (Wildman–Crippen MR) is 75.2 cm³/mol. The molecule has 2 unspecified atom stereocenters. The second-order valence-corrected chi connectivity index (χ2v) is 5.54. The third-order valence-corrected chi connectivity index (χ3v) is 4.05. The molecule has 3 heteroatoms. The van der Waals surface area contributed by atoms with Gasteiger partial charge in [-0.3, -0.25) is 0 Å². The summed E-state index contributed by atoms with van der Waals surface area (Å²) in [7, 11) is 0. The van der Waals surface area contributed by atoms with Crippen LogP contribution in [0.1, 0.15) is 50.3 Å². The van der Waals surface area contributed by atoms with Crippen LogP contribution in [0.4, 0.5) is 0 Å². The van der Waals surface area contributed by atoms with Crippen molar-refractivity contribution in [3.8, 4) is 5.88 Å².